The van der Waals surface area contributed by atoms with Crippen molar-refractivity contribution in [3.63, 3.8) is 0 Å². The van der Waals surface area contributed by atoms with E-state index in [4.69, 9.17) is 14.3 Å². The number of hydrogen-bond acceptors (Lipinski definition) is 4. The lowest BCUT2D eigenvalue weighted by Crippen LogP contribution is -1.91. The van der Waals surface area contributed by atoms with Gasteiger partial charge in [-0.2, -0.15) is 0 Å². The molecule has 0 bridgehead atoms. The molecule has 0 amide bonds. The molecule has 0 radical (unpaired) electrons. The summed E-state index contributed by atoms with van der Waals surface area (Å²) in [5.74, 6) is 0.394. The van der Waals surface area contributed by atoms with E-state index < -0.39 is 8.60 Å². The van der Waals surface area contributed by atoms with Gasteiger partial charge in [-0.1, -0.05) is 19.8 Å². The lowest BCUT2D eigenvalue weighted by atomic mass is 10.1. The van der Waals surface area contributed by atoms with Gasteiger partial charge in [-0.15, -0.1) is 0 Å². The molecule has 15 heavy (non-hydrogen) atoms. The molecule has 1 aromatic heterocycles. The van der Waals surface area contributed by atoms with E-state index in [0.29, 0.717) is 5.75 Å². The van der Waals surface area contributed by atoms with Crippen molar-refractivity contribution in [2.75, 3.05) is 0 Å². The van der Waals surface area contributed by atoms with E-state index in [2.05, 4.69) is 11.9 Å². The molecule has 1 heterocycles. The minimum atomic E-state index is -2.34. The van der Waals surface area contributed by atoms with Crippen LogP contribution >= 0.6 is 8.60 Å². The van der Waals surface area contributed by atoms with E-state index in [9.17, 15) is 0 Å². The van der Waals surface area contributed by atoms with Crippen LogP contribution in [-0.2, 0) is 6.42 Å². The van der Waals surface area contributed by atoms with Crippen LogP contribution in [0.15, 0.2) is 18.3 Å². The zero-order valence-corrected chi connectivity index (χ0v) is 9.65. The fourth-order valence-electron chi connectivity index (χ4n) is 1.26. The maximum Gasteiger partial charge on any atom is 0.391 e. The van der Waals surface area contributed by atoms with Crippen LogP contribution in [0, 0.1) is 0 Å². The Labute approximate surface area is 90.9 Å². The summed E-state index contributed by atoms with van der Waals surface area (Å²) < 4.78 is 4.71. The number of aromatic nitrogens is 1. The van der Waals surface area contributed by atoms with Crippen molar-refractivity contribution in [3.8, 4) is 5.75 Å². The van der Waals surface area contributed by atoms with Crippen LogP contribution in [0.2, 0.25) is 0 Å². The first kappa shape index (κ1) is 12.4. The van der Waals surface area contributed by atoms with Crippen molar-refractivity contribution >= 4 is 8.60 Å². The molecule has 0 unspecified atom stereocenters. The van der Waals surface area contributed by atoms with Crippen molar-refractivity contribution in [2.24, 2.45) is 0 Å². The Morgan fingerprint density at radius 1 is 1.33 bits per heavy atom. The number of rotatable bonds is 6. The normalized spacial score (nSPS) is 10.7. The molecule has 0 fully saturated rings. The highest BCUT2D eigenvalue weighted by Crippen LogP contribution is 2.27. The maximum absolute atomic E-state index is 8.62. The number of unbranched alkanes of at least 4 members (excludes halogenated alkanes) is 2. The van der Waals surface area contributed by atoms with E-state index in [0.717, 1.165) is 18.5 Å². The van der Waals surface area contributed by atoms with Crippen molar-refractivity contribution < 1.29 is 14.3 Å². The molecule has 0 aliphatic carbocycles. The Balaban J connectivity index is 2.42. The Morgan fingerprint density at radius 3 is 2.67 bits per heavy atom. The molecule has 0 aromatic carbocycles. The molecule has 0 atom stereocenters. The van der Waals surface area contributed by atoms with Gasteiger partial charge >= 0.3 is 8.60 Å². The van der Waals surface area contributed by atoms with Gasteiger partial charge in [0.2, 0.25) is 0 Å². The third-order valence-electron chi connectivity index (χ3n) is 2.02. The van der Waals surface area contributed by atoms with E-state index in [1.807, 2.05) is 6.07 Å². The summed E-state index contributed by atoms with van der Waals surface area (Å²) in [6.07, 6.45) is 6.01. The van der Waals surface area contributed by atoms with Gasteiger partial charge in [0.15, 0.2) is 0 Å². The Hall–Kier alpha value is -0.700. The summed E-state index contributed by atoms with van der Waals surface area (Å²) in [6.45, 7) is 2.16. The third-order valence-corrected chi connectivity index (χ3v) is 2.40. The lowest BCUT2D eigenvalue weighted by molar-refractivity contribution is 0.374. The molecule has 4 nitrogen and oxygen atoms in total. The third kappa shape index (κ3) is 5.07. The largest absolute Gasteiger partial charge is 0.425 e. The predicted molar refractivity (Wildman–Crippen MR) is 59.5 cm³/mol. The van der Waals surface area contributed by atoms with Gasteiger partial charge in [-0.25, -0.2) is 0 Å². The van der Waals surface area contributed by atoms with Gasteiger partial charge in [-0.3, -0.25) is 4.98 Å². The van der Waals surface area contributed by atoms with Gasteiger partial charge in [0.25, 0.3) is 0 Å². The zero-order valence-electron chi connectivity index (χ0n) is 8.76. The average molecular weight is 229 g/mol. The number of hydrogen-bond donors (Lipinski definition) is 2. The Bertz CT molecular complexity index is 277. The first-order valence-corrected chi connectivity index (χ1v) is 6.19. The smallest absolute Gasteiger partial charge is 0.391 e. The van der Waals surface area contributed by atoms with Crippen LogP contribution in [0.25, 0.3) is 0 Å². The van der Waals surface area contributed by atoms with Crippen molar-refractivity contribution in [1.29, 1.82) is 0 Å². The molecular formula is C10H16NO3P. The second-order valence-electron chi connectivity index (χ2n) is 3.29. The minimum absolute atomic E-state index is 0.394. The summed E-state index contributed by atoms with van der Waals surface area (Å²) >= 11 is 0. The van der Waals surface area contributed by atoms with Crippen LogP contribution in [0.4, 0.5) is 0 Å². The van der Waals surface area contributed by atoms with Gasteiger partial charge in [0, 0.05) is 5.69 Å². The SMILES string of the molecule is CCCCCc1ccc(OP(O)O)cn1. The van der Waals surface area contributed by atoms with Gasteiger partial charge in [-0.05, 0) is 25.0 Å². The van der Waals surface area contributed by atoms with Crippen LogP contribution in [0.5, 0.6) is 5.75 Å². The standard InChI is InChI=1S/C10H16NO3P/c1-2-3-4-5-9-6-7-10(8-11-9)14-15(12)13/h6-8,12-13H,2-5H2,1H3. The zero-order chi connectivity index (χ0) is 11.1. The molecular weight excluding hydrogens is 213 g/mol. The fraction of sp³-hybridized carbons (Fsp3) is 0.500. The van der Waals surface area contributed by atoms with E-state index in [1.165, 1.54) is 19.0 Å². The first-order valence-electron chi connectivity index (χ1n) is 5.03. The second kappa shape index (κ2) is 6.72. The van der Waals surface area contributed by atoms with Gasteiger partial charge < -0.3 is 14.3 Å². The van der Waals surface area contributed by atoms with E-state index in [1.54, 1.807) is 6.07 Å². The molecule has 1 aromatic rings. The minimum Gasteiger partial charge on any atom is -0.425 e. The van der Waals surface area contributed by atoms with E-state index >= 15 is 0 Å². The summed E-state index contributed by atoms with van der Waals surface area (Å²) in [4.78, 5) is 21.4. The average Bonchev–Trinajstić information content (AvgIpc) is 2.20. The highest BCUT2D eigenvalue weighted by molar-refractivity contribution is 7.39. The van der Waals surface area contributed by atoms with E-state index in [-0.39, 0.29) is 0 Å². The molecule has 2 N–H and O–H groups in total. The summed E-state index contributed by atoms with van der Waals surface area (Å²) in [5, 5.41) is 0. The Kier molecular flexibility index (Phi) is 5.54. The van der Waals surface area contributed by atoms with Crippen molar-refractivity contribution in [3.05, 3.63) is 24.0 Å². The molecule has 5 heteroatoms. The Morgan fingerprint density at radius 2 is 2.13 bits per heavy atom. The molecule has 0 aliphatic rings. The second-order valence-corrected chi connectivity index (χ2v) is 3.97. The summed E-state index contributed by atoms with van der Waals surface area (Å²) in [6, 6.07) is 3.56. The number of aryl methyl sites for hydroxylation is 1. The molecule has 1 rings (SSSR count). The monoisotopic (exact) mass is 229 g/mol. The highest BCUT2D eigenvalue weighted by atomic mass is 31.2. The quantitative estimate of drug-likeness (QED) is 0.580. The molecule has 0 aliphatic heterocycles. The van der Waals surface area contributed by atoms with Gasteiger partial charge in [0.05, 0.1) is 6.20 Å². The molecule has 84 valence electrons. The predicted octanol–water partition coefficient (Wildman–Crippen LogP) is 2.40. The summed E-state index contributed by atoms with van der Waals surface area (Å²) in [5.41, 5.74) is 1.01. The number of pyridine rings is 1. The first-order chi connectivity index (χ1) is 7.22. The van der Waals surface area contributed by atoms with Crippen molar-refractivity contribution in [1.82, 2.24) is 4.98 Å². The molecule has 0 saturated carbocycles. The fourth-order valence-corrected chi connectivity index (χ4v) is 1.56. The van der Waals surface area contributed by atoms with Crippen LogP contribution in [0.1, 0.15) is 31.9 Å². The van der Waals surface area contributed by atoms with Crippen LogP contribution < -0.4 is 4.52 Å². The van der Waals surface area contributed by atoms with Crippen LogP contribution in [-0.4, -0.2) is 14.8 Å². The number of nitrogens with zero attached hydrogens (tertiary/aromatic N) is 1. The van der Waals surface area contributed by atoms with Crippen LogP contribution in [0.3, 0.4) is 0 Å². The van der Waals surface area contributed by atoms with Crippen molar-refractivity contribution in [2.45, 2.75) is 32.6 Å². The maximum atomic E-state index is 8.62. The topological polar surface area (TPSA) is 62.6 Å². The lowest BCUT2D eigenvalue weighted by Gasteiger charge is -2.05. The highest BCUT2D eigenvalue weighted by Gasteiger charge is 2.02. The summed E-state index contributed by atoms with van der Waals surface area (Å²) in [7, 11) is -2.34. The van der Waals surface area contributed by atoms with Gasteiger partial charge in [0.1, 0.15) is 5.75 Å². The molecule has 0 saturated heterocycles. The molecule has 0 spiro atoms.